The van der Waals surface area contributed by atoms with Crippen molar-refractivity contribution in [1.29, 1.82) is 0 Å². The zero-order valence-electron chi connectivity index (χ0n) is 17.6. The van der Waals surface area contributed by atoms with Crippen molar-refractivity contribution >= 4 is 17.4 Å². The number of hydrogen-bond acceptors (Lipinski definition) is 7. The summed E-state index contributed by atoms with van der Waals surface area (Å²) in [5.41, 5.74) is 6.83. The number of nitro benzene ring substituents is 1. The molecule has 0 radical (unpaired) electrons. The Kier molecular flexibility index (Phi) is 7.28. The van der Waals surface area contributed by atoms with Crippen LogP contribution in [0.5, 0.6) is 0 Å². The van der Waals surface area contributed by atoms with E-state index in [4.69, 9.17) is 9.57 Å². The smallest absolute Gasteiger partial charge is 0.336 e. The molecule has 2 rings (SSSR count). The molecule has 1 aliphatic heterocycles. The van der Waals surface area contributed by atoms with Gasteiger partial charge in [0.05, 0.1) is 23.2 Å². The van der Waals surface area contributed by atoms with E-state index in [1.165, 1.54) is 12.1 Å². The molecule has 1 heterocycles. The first-order valence-corrected chi connectivity index (χ1v) is 9.47. The first-order chi connectivity index (χ1) is 13.7. The van der Waals surface area contributed by atoms with Gasteiger partial charge >= 0.3 is 5.97 Å². The second-order valence-corrected chi connectivity index (χ2v) is 7.01. The van der Waals surface area contributed by atoms with Gasteiger partial charge in [-0.2, -0.15) is 0 Å². The predicted octanol–water partition coefficient (Wildman–Crippen LogP) is 4.19. The number of nitrogens with one attached hydrogen (secondary N) is 1. The maximum atomic E-state index is 12.8. The lowest BCUT2D eigenvalue weighted by atomic mass is 9.79. The van der Waals surface area contributed by atoms with E-state index in [-0.39, 0.29) is 18.4 Å². The van der Waals surface area contributed by atoms with E-state index in [0.717, 1.165) is 16.8 Å². The molecule has 1 atom stereocenters. The van der Waals surface area contributed by atoms with Crippen molar-refractivity contribution in [1.82, 2.24) is 5.48 Å². The van der Waals surface area contributed by atoms with Crippen LogP contribution >= 0.6 is 0 Å². The number of benzene rings is 1. The van der Waals surface area contributed by atoms with E-state index < -0.39 is 16.8 Å². The number of nitrogens with zero attached hydrogens (tertiary/aromatic N) is 2. The lowest BCUT2D eigenvalue weighted by Gasteiger charge is -2.29. The number of carbonyl (C=O) groups is 1. The molecule has 0 saturated carbocycles. The van der Waals surface area contributed by atoms with Crippen LogP contribution in [0, 0.1) is 10.1 Å². The number of hydroxylamine groups is 1. The minimum atomic E-state index is -0.490. The van der Waals surface area contributed by atoms with Gasteiger partial charge in [-0.05, 0) is 47.1 Å². The Morgan fingerprint density at radius 1 is 1.28 bits per heavy atom. The van der Waals surface area contributed by atoms with Crippen molar-refractivity contribution in [2.75, 3.05) is 6.61 Å². The van der Waals surface area contributed by atoms with Gasteiger partial charge in [-0.1, -0.05) is 12.1 Å². The third kappa shape index (κ3) is 5.08. The molecule has 1 aromatic carbocycles. The van der Waals surface area contributed by atoms with Crippen LogP contribution in [0.2, 0.25) is 0 Å². The number of carbonyl (C=O) groups excluding carboxylic acids is 1. The quantitative estimate of drug-likeness (QED) is 0.417. The van der Waals surface area contributed by atoms with Crippen LogP contribution < -0.4 is 5.48 Å². The Morgan fingerprint density at radius 2 is 1.90 bits per heavy atom. The first-order valence-electron chi connectivity index (χ1n) is 9.47. The molecule has 1 N–H and O–H groups in total. The van der Waals surface area contributed by atoms with E-state index in [1.54, 1.807) is 26.0 Å². The Bertz CT molecular complexity index is 882. The fourth-order valence-electron chi connectivity index (χ4n) is 3.28. The van der Waals surface area contributed by atoms with Crippen LogP contribution in [0.4, 0.5) is 5.69 Å². The molecular weight excluding hydrogens is 374 g/mol. The van der Waals surface area contributed by atoms with Crippen molar-refractivity contribution < 1.29 is 19.3 Å². The molecule has 0 aromatic heterocycles. The van der Waals surface area contributed by atoms with Gasteiger partial charge in [0, 0.05) is 40.7 Å². The Labute approximate surface area is 170 Å². The number of allylic oxidation sites excluding steroid dienone is 3. The number of nitro groups is 1. The van der Waals surface area contributed by atoms with Crippen molar-refractivity contribution in [3.8, 4) is 0 Å². The Balaban J connectivity index is 2.65. The molecule has 0 fully saturated rings. The average Bonchev–Trinajstić information content (AvgIpc) is 2.65. The minimum Gasteiger partial charge on any atom is -0.463 e. The van der Waals surface area contributed by atoms with Gasteiger partial charge in [-0.3, -0.25) is 25.4 Å². The fourth-order valence-corrected chi connectivity index (χ4v) is 3.28. The third-order valence-corrected chi connectivity index (χ3v) is 4.48. The lowest BCUT2D eigenvalue weighted by Crippen LogP contribution is -2.28. The van der Waals surface area contributed by atoms with Crippen LogP contribution in [0.15, 0.2) is 51.8 Å². The van der Waals surface area contributed by atoms with Crippen LogP contribution in [-0.2, 0) is 14.4 Å². The molecule has 8 nitrogen and oxygen atoms in total. The maximum Gasteiger partial charge on any atom is 0.336 e. The summed E-state index contributed by atoms with van der Waals surface area (Å²) in [5, 5.41) is 11.0. The summed E-state index contributed by atoms with van der Waals surface area (Å²) in [6.45, 7) is 11.2. The van der Waals surface area contributed by atoms with Crippen LogP contribution in [0.1, 0.15) is 53.0 Å². The highest BCUT2D eigenvalue weighted by molar-refractivity contribution is 6.06. The summed E-state index contributed by atoms with van der Waals surface area (Å²) >= 11 is 0. The summed E-state index contributed by atoms with van der Waals surface area (Å²) in [6.07, 6.45) is -0.0500. The average molecular weight is 401 g/mol. The van der Waals surface area contributed by atoms with E-state index in [9.17, 15) is 14.9 Å². The fraction of sp³-hybridized carbons (Fsp3) is 0.429. The zero-order chi connectivity index (χ0) is 21.7. The molecule has 1 aromatic rings. The number of ether oxygens (including phenoxy) is 1. The van der Waals surface area contributed by atoms with Crippen molar-refractivity contribution in [3.05, 3.63) is 62.5 Å². The summed E-state index contributed by atoms with van der Waals surface area (Å²) in [5.74, 6) is -0.949. The molecule has 1 aliphatic rings. The Morgan fingerprint density at radius 3 is 2.41 bits per heavy atom. The monoisotopic (exact) mass is 401 g/mol. The van der Waals surface area contributed by atoms with Gasteiger partial charge in [0.2, 0.25) is 0 Å². The summed E-state index contributed by atoms with van der Waals surface area (Å²) in [7, 11) is 0. The number of non-ortho nitro benzene ring substituents is 1. The van der Waals surface area contributed by atoms with Gasteiger partial charge in [-0.15, -0.1) is 0 Å². The SMILES string of the molecule is CCOC(=O)C1=C(C)N=C(C)C(=C(C)NOC(C)C)C1c1ccc([N+](=O)[O-])cc1. The molecule has 29 heavy (non-hydrogen) atoms. The van der Waals surface area contributed by atoms with Gasteiger partial charge < -0.3 is 4.74 Å². The lowest BCUT2D eigenvalue weighted by molar-refractivity contribution is -0.384. The number of esters is 1. The molecule has 8 heteroatoms. The highest BCUT2D eigenvalue weighted by atomic mass is 16.7. The molecule has 0 saturated heterocycles. The van der Waals surface area contributed by atoms with Crippen LogP contribution in [-0.4, -0.2) is 29.3 Å². The number of aliphatic imine (C=N–C) groups is 1. The van der Waals surface area contributed by atoms with Crippen molar-refractivity contribution in [3.63, 3.8) is 0 Å². The maximum absolute atomic E-state index is 12.8. The van der Waals surface area contributed by atoms with Gasteiger partial charge in [0.1, 0.15) is 0 Å². The highest BCUT2D eigenvalue weighted by Gasteiger charge is 2.35. The normalized spacial score (nSPS) is 18.4. The Hall–Kier alpha value is -3.00. The third-order valence-electron chi connectivity index (χ3n) is 4.48. The molecule has 156 valence electrons. The summed E-state index contributed by atoms with van der Waals surface area (Å²) in [4.78, 5) is 33.4. The second kappa shape index (κ2) is 9.47. The number of rotatable bonds is 7. The first kappa shape index (κ1) is 22.3. The molecule has 0 aliphatic carbocycles. The molecule has 0 spiro atoms. The second-order valence-electron chi connectivity index (χ2n) is 7.01. The van der Waals surface area contributed by atoms with Crippen molar-refractivity contribution in [2.45, 2.75) is 53.6 Å². The molecule has 0 bridgehead atoms. The van der Waals surface area contributed by atoms with Gasteiger partial charge in [0.25, 0.3) is 5.69 Å². The standard InChI is InChI=1S/C21H27N3O5/c1-7-28-21(25)19-14(5)22-13(4)18(15(6)23-29-12(2)3)20(19)16-8-10-17(11-9-16)24(26)27/h8-12,20,23H,7H2,1-6H3. The summed E-state index contributed by atoms with van der Waals surface area (Å²) in [6, 6.07) is 6.17. The van der Waals surface area contributed by atoms with Crippen molar-refractivity contribution in [2.24, 2.45) is 4.99 Å². The molecular formula is C21H27N3O5. The highest BCUT2D eigenvalue weighted by Crippen LogP contribution is 2.40. The van der Waals surface area contributed by atoms with Gasteiger partial charge in [-0.25, -0.2) is 4.79 Å². The van der Waals surface area contributed by atoms with E-state index in [1.807, 2.05) is 27.7 Å². The predicted molar refractivity (Wildman–Crippen MR) is 110 cm³/mol. The zero-order valence-corrected chi connectivity index (χ0v) is 17.6. The van der Waals surface area contributed by atoms with E-state index in [0.29, 0.717) is 17.0 Å². The largest absolute Gasteiger partial charge is 0.463 e. The number of hydrogen-bond donors (Lipinski definition) is 1. The summed E-state index contributed by atoms with van der Waals surface area (Å²) < 4.78 is 5.28. The minimum absolute atomic E-state index is 0.0168. The molecule has 0 amide bonds. The van der Waals surface area contributed by atoms with E-state index >= 15 is 0 Å². The van der Waals surface area contributed by atoms with Crippen LogP contribution in [0.25, 0.3) is 0 Å². The van der Waals surface area contributed by atoms with Gasteiger partial charge in [0.15, 0.2) is 0 Å². The molecule has 1 unspecified atom stereocenters. The van der Waals surface area contributed by atoms with Crippen LogP contribution in [0.3, 0.4) is 0 Å². The van der Waals surface area contributed by atoms with E-state index in [2.05, 4.69) is 10.5 Å². The topological polar surface area (TPSA) is 103 Å².